The lowest BCUT2D eigenvalue weighted by Crippen LogP contribution is -2.27. The Kier molecular flexibility index (Phi) is 2.80. The summed E-state index contributed by atoms with van der Waals surface area (Å²) in [5, 5.41) is 0. The predicted octanol–water partition coefficient (Wildman–Crippen LogP) is 0.991. The third-order valence-corrected chi connectivity index (χ3v) is 1.88. The van der Waals surface area contributed by atoms with Crippen molar-refractivity contribution >= 4 is 11.7 Å². The van der Waals surface area contributed by atoms with Gasteiger partial charge in [0.15, 0.2) is 5.78 Å². The van der Waals surface area contributed by atoms with Gasteiger partial charge in [0.05, 0.1) is 5.92 Å². The van der Waals surface area contributed by atoms with Crippen LogP contribution in [0.1, 0.15) is 17.3 Å². The van der Waals surface area contributed by atoms with Crippen molar-refractivity contribution in [3.63, 3.8) is 0 Å². The molecule has 0 fully saturated rings. The van der Waals surface area contributed by atoms with Crippen LogP contribution < -0.4 is 5.73 Å². The molecule has 0 aliphatic heterocycles. The number of carbonyl (C=O) groups excluding carboxylic acids is 2. The molecule has 13 heavy (non-hydrogen) atoms. The molecule has 1 aromatic carbocycles. The van der Waals surface area contributed by atoms with Crippen LogP contribution in [0.15, 0.2) is 30.3 Å². The minimum atomic E-state index is -0.748. The summed E-state index contributed by atoms with van der Waals surface area (Å²) in [6.07, 6.45) is 0. The van der Waals surface area contributed by atoms with E-state index in [2.05, 4.69) is 0 Å². The van der Waals surface area contributed by atoms with Gasteiger partial charge < -0.3 is 5.73 Å². The standard InChI is InChI=1S/C10H11NO2/c1-7(10(11)13)9(12)8-5-3-2-4-6-8/h2-7H,1H3,(H2,11,13). The van der Waals surface area contributed by atoms with Crippen molar-refractivity contribution in [2.45, 2.75) is 6.92 Å². The van der Waals surface area contributed by atoms with E-state index in [0.29, 0.717) is 5.56 Å². The third-order valence-electron chi connectivity index (χ3n) is 1.88. The summed E-state index contributed by atoms with van der Waals surface area (Å²) in [5.74, 6) is -1.57. The Morgan fingerprint density at radius 2 is 1.77 bits per heavy atom. The van der Waals surface area contributed by atoms with Gasteiger partial charge in [-0.1, -0.05) is 30.3 Å². The Hall–Kier alpha value is -1.64. The Morgan fingerprint density at radius 3 is 2.23 bits per heavy atom. The molecule has 0 saturated carbocycles. The Bertz CT molecular complexity index is 319. The zero-order valence-electron chi connectivity index (χ0n) is 7.36. The molecule has 0 saturated heterocycles. The summed E-state index contributed by atoms with van der Waals surface area (Å²) >= 11 is 0. The minimum Gasteiger partial charge on any atom is -0.369 e. The summed E-state index contributed by atoms with van der Waals surface area (Å²) in [6, 6.07) is 8.65. The molecule has 0 heterocycles. The molecule has 0 bridgehead atoms. The third kappa shape index (κ3) is 2.15. The van der Waals surface area contributed by atoms with Gasteiger partial charge in [-0.3, -0.25) is 9.59 Å². The summed E-state index contributed by atoms with van der Waals surface area (Å²) < 4.78 is 0. The molecule has 1 rings (SSSR count). The molecule has 1 unspecified atom stereocenters. The fourth-order valence-corrected chi connectivity index (χ4v) is 0.982. The molecule has 68 valence electrons. The van der Waals surface area contributed by atoms with Gasteiger partial charge in [-0.15, -0.1) is 0 Å². The number of rotatable bonds is 3. The zero-order valence-corrected chi connectivity index (χ0v) is 7.36. The van der Waals surface area contributed by atoms with E-state index in [-0.39, 0.29) is 5.78 Å². The van der Waals surface area contributed by atoms with E-state index in [9.17, 15) is 9.59 Å². The number of hydrogen-bond donors (Lipinski definition) is 1. The van der Waals surface area contributed by atoms with Gasteiger partial charge in [0, 0.05) is 5.56 Å². The molecule has 0 radical (unpaired) electrons. The SMILES string of the molecule is CC(C(N)=O)C(=O)c1ccccc1. The maximum Gasteiger partial charge on any atom is 0.228 e. The first-order valence-electron chi connectivity index (χ1n) is 4.01. The number of Topliss-reactive ketones (excluding diaryl/α,β-unsaturated/α-hetero) is 1. The fourth-order valence-electron chi connectivity index (χ4n) is 0.982. The number of nitrogens with two attached hydrogens (primary N) is 1. The fraction of sp³-hybridized carbons (Fsp3) is 0.200. The van der Waals surface area contributed by atoms with Crippen molar-refractivity contribution in [2.75, 3.05) is 0 Å². The van der Waals surface area contributed by atoms with Gasteiger partial charge in [-0.25, -0.2) is 0 Å². The van der Waals surface area contributed by atoms with Crippen LogP contribution in [0.5, 0.6) is 0 Å². The van der Waals surface area contributed by atoms with Gasteiger partial charge >= 0.3 is 0 Å². The van der Waals surface area contributed by atoms with Gasteiger partial charge in [0.1, 0.15) is 0 Å². The highest BCUT2D eigenvalue weighted by Crippen LogP contribution is 2.07. The van der Waals surface area contributed by atoms with Crippen molar-refractivity contribution in [1.29, 1.82) is 0 Å². The van der Waals surface area contributed by atoms with Crippen molar-refractivity contribution in [3.05, 3.63) is 35.9 Å². The van der Waals surface area contributed by atoms with Gasteiger partial charge in [0.2, 0.25) is 5.91 Å². The summed E-state index contributed by atoms with van der Waals surface area (Å²) in [7, 11) is 0. The average Bonchev–Trinajstić information content (AvgIpc) is 2.17. The van der Waals surface area contributed by atoms with E-state index < -0.39 is 11.8 Å². The van der Waals surface area contributed by atoms with E-state index in [1.807, 2.05) is 6.07 Å². The minimum absolute atomic E-state index is 0.229. The van der Waals surface area contributed by atoms with Gasteiger partial charge in [-0.05, 0) is 6.92 Å². The van der Waals surface area contributed by atoms with E-state index >= 15 is 0 Å². The van der Waals surface area contributed by atoms with Crippen molar-refractivity contribution in [3.8, 4) is 0 Å². The maximum absolute atomic E-state index is 11.5. The molecule has 0 aliphatic carbocycles. The van der Waals surface area contributed by atoms with Crippen LogP contribution in [0.2, 0.25) is 0 Å². The predicted molar refractivity (Wildman–Crippen MR) is 49.1 cm³/mol. The molecular weight excluding hydrogens is 166 g/mol. The van der Waals surface area contributed by atoms with Crippen LogP contribution in [0, 0.1) is 5.92 Å². The summed E-state index contributed by atoms with van der Waals surface area (Å²) in [6.45, 7) is 1.51. The molecule has 1 aromatic rings. The van der Waals surface area contributed by atoms with Gasteiger partial charge in [-0.2, -0.15) is 0 Å². The number of benzene rings is 1. The largest absolute Gasteiger partial charge is 0.369 e. The molecule has 3 nitrogen and oxygen atoms in total. The van der Waals surface area contributed by atoms with Crippen LogP contribution in [-0.2, 0) is 4.79 Å². The van der Waals surface area contributed by atoms with E-state index in [1.165, 1.54) is 6.92 Å². The van der Waals surface area contributed by atoms with Crippen molar-refractivity contribution < 1.29 is 9.59 Å². The lowest BCUT2D eigenvalue weighted by atomic mass is 9.99. The second-order valence-corrected chi connectivity index (χ2v) is 2.85. The number of ketones is 1. The second-order valence-electron chi connectivity index (χ2n) is 2.85. The van der Waals surface area contributed by atoms with E-state index in [0.717, 1.165) is 0 Å². The average molecular weight is 177 g/mol. The molecule has 0 aromatic heterocycles. The van der Waals surface area contributed by atoms with Crippen LogP contribution in [0.3, 0.4) is 0 Å². The number of hydrogen-bond acceptors (Lipinski definition) is 2. The quantitative estimate of drug-likeness (QED) is 0.553. The first-order valence-corrected chi connectivity index (χ1v) is 4.01. The Morgan fingerprint density at radius 1 is 1.23 bits per heavy atom. The van der Waals surface area contributed by atoms with Crippen molar-refractivity contribution in [2.24, 2.45) is 11.7 Å². The Balaban J connectivity index is 2.86. The highest BCUT2D eigenvalue weighted by Gasteiger charge is 2.19. The summed E-state index contributed by atoms with van der Waals surface area (Å²) in [5.41, 5.74) is 5.54. The molecule has 3 heteroatoms. The smallest absolute Gasteiger partial charge is 0.228 e. The first kappa shape index (κ1) is 9.45. The monoisotopic (exact) mass is 177 g/mol. The molecule has 1 atom stereocenters. The molecule has 2 N–H and O–H groups in total. The maximum atomic E-state index is 11.5. The molecule has 1 amide bonds. The van der Waals surface area contributed by atoms with E-state index in [4.69, 9.17) is 5.73 Å². The number of amides is 1. The molecule has 0 spiro atoms. The Labute approximate surface area is 76.6 Å². The number of primary amides is 1. The van der Waals surface area contributed by atoms with Crippen LogP contribution >= 0.6 is 0 Å². The van der Waals surface area contributed by atoms with Crippen LogP contribution in [-0.4, -0.2) is 11.7 Å². The second kappa shape index (κ2) is 3.85. The number of carbonyl (C=O) groups is 2. The lowest BCUT2D eigenvalue weighted by molar-refractivity contribution is -0.119. The lowest BCUT2D eigenvalue weighted by Gasteiger charge is -2.04. The van der Waals surface area contributed by atoms with Crippen LogP contribution in [0.4, 0.5) is 0 Å². The highest BCUT2D eigenvalue weighted by molar-refractivity contribution is 6.09. The van der Waals surface area contributed by atoms with Crippen molar-refractivity contribution in [1.82, 2.24) is 0 Å². The zero-order chi connectivity index (χ0) is 9.84. The first-order chi connectivity index (χ1) is 6.13. The highest BCUT2D eigenvalue weighted by atomic mass is 16.2. The normalized spacial score (nSPS) is 12.1. The summed E-state index contributed by atoms with van der Waals surface area (Å²) in [4.78, 5) is 22.2. The van der Waals surface area contributed by atoms with Gasteiger partial charge in [0.25, 0.3) is 0 Å². The molecular formula is C10H11NO2. The topological polar surface area (TPSA) is 60.2 Å². The molecule has 0 aliphatic rings. The van der Waals surface area contributed by atoms with E-state index in [1.54, 1.807) is 24.3 Å². The van der Waals surface area contributed by atoms with Crippen LogP contribution in [0.25, 0.3) is 0 Å².